The zero-order valence-electron chi connectivity index (χ0n) is 7.68. The minimum Gasteiger partial charge on any atom is -0.480 e. The Morgan fingerprint density at radius 1 is 1.71 bits per heavy atom. The highest BCUT2D eigenvalue weighted by molar-refractivity contribution is 7.09. The molecule has 14 heavy (non-hydrogen) atoms. The quantitative estimate of drug-likeness (QED) is 0.686. The SMILES string of the molecule is N[C@@H](COCCc1cccs1)C(=O)O. The molecular weight excluding hydrogens is 202 g/mol. The Morgan fingerprint density at radius 3 is 3.07 bits per heavy atom. The topological polar surface area (TPSA) is 72.5 Å². The summed E-state index contributed by atoms with van der Waals surface area (Å²) < 4.78 is 5.13. The van der Waals surface area contributed by atoms with E-state index in [0.717, 1.165) is 6.42 Å². The normalized spacial score (nSPS) is 12.6. The number of aliphatic carboxylic acids is 1. The zero-order chi connectivity index (χ0) is 10.4. The van der Waals surface area contributed by atoms with Crippen LogP contribution in [0.3, 0.4) is 0 Å². The summed E-state index contributed by atoms with van der Waals surface area (Å²) in [5.74, 6) is -1.03. The van der Waals surface area contributed by atoms with Gasteiger partial charge in [-0.25, -0.2) is 0 Å². The zero-order valence-corrected chi connectivity index (χ0v) is 8.50. The molecule has 0 saturated heterocycles. The van der Waals surface area contributed by atoms with Crippen LogP contribution in [-0.4, -0.2) is 30.3 Å². The van der Waals surface area contributed by atoms with Gasteiger partial charge in [-0.05, 0) is 11.4 Å². The maximum atomic E-state index is 10.3. The lowest BCUT2D eigenvalue weighted by Gasteiger charge is -2.06. The molecule has 1 rings (SSSR count). The summed E-state index contributed by atoms with van der Waals surface area (Å²) in [5.41, 5.74) is 5.25. The van der Waals surface area contributed by atoms with E-state index in [0.29, 0.717) is 6.61 Å². The third-order valence-corrected chi connectivity index (χ3v) is 2.62. The fourth-order valence-electron chi connectivity index (χ4n) is 0.909. The first-order chi connectivity index (χ1) is 6.70. The Labute approximate surface area is 86.3 Å². The molecule has 0 unspecified atom stereocenters. The lowest BCUT2D eigenvalue weighted by Crippen LogP contribution is -2.35. The van der Waals surface area contributed by atoms with Gasteiger partial charge < -0.3 is 15.6 Å². The number of rotatable bonds is 6. The van der Waals surface area contributed by atoms with Crippen LogP contribution in [0.15, 0.2) is 17.5 Å². The average molecular weight is 215 g/mol. The minimum atomic E-state index is -1.03. The smallest absolute Gasteiger partial charge is 0.322 e. The molecule has 0 fully saturated rings. The van der Waals surface area contributed by atoms with Crippen LogP contribution in [0.5, 0.6) is 0 Å². The van der Waals surface area contributed by atoms with Gasteiger partial charge in [-0.2, -0.15) is 0 Å². The number of nitrogens with two attached hydrogens (primary N) is 1. The molecule has 0 radical (unpaired) electrons. The van der Waals surface area contributed by atoms with Crippen molar-refractivity contribution in [2.75, 3.05) is 13.2 Å². The van der Waals surface area contributed by atoms with E-state index >= 15 is 0 Å². The molecule has 0 amide bonds. The molecule has 0 aliphatic carbocycles. The summed E-state index contributed by atoms with van der Waals surface area (Å²) >= 11 is 1.66. The number of hydrogen-bond donors (Lipinski definition) is 2. The molecule has 1 heterocycles. The van der Waals surface area contributed by atoms with Crippen molar-refractivity contribution in [1.29, 1.82) is 0 Å². The number of carboxylic acid groups (broad SMARTS) is 1. The van der Waals surface area contributed by atoms with Gasteiger partial charge in [0.1, 0.15) is 6.04 Å². The molecule has 78 valence electrons. The highest BCUT2D eigenvalue weighted by Crippen LogP contribution is 2.08. The van der Waals surface area contributed by atoms with E-state index in [1.165, 1.54) is 4.88 Å². The monoisotopic (exact) mass is 215 g/mol. The Balaban J connectivity index is 2.08. The van der Waals surface area contributed by atoms with Crippen molar-refractivity contribution in [3.63, 3.8) is 0 Å². The lowest BCUT2D eigenvalue weighted by molar-refractivity contribution is -0.139. The summed E-state index contributed by atoms with van der Waals surface area (Å²) in [4.78, 5) is 11.5. The Morgan fingerprint density at radius 2 is 2.50 bits per heavy atom. The summed E-state index contributed by atoms with van der Waals surface area (Å²) in [7, 11) is 0. The number of hydrogen-bond acceptors (Lipinski definition) is 4. The van der Waals surface area contributed by atoms with Crippen LogP contribution in [0, 0.1) is 0 Å². The summed E-state index contributed by atoms with van der Waals surface area (Å²) in [6, 6.07) is 3.08. The number of ether oxygens (including phenoxy) is 1. The lowest BCUT2D eigenvalue weighted by atomic mass is 10.3. The van der Waals surface area contributed by atoms with Gasteiger partial charge in [-0.3, -0.25) is 4.79 Å². The standard InChI is InChI=1S/C9H13NO3S/c10-8(9(11)12)6-13-4-3-7-2-1-5-14-7/h1-2,5,8H,3-4,6,10H2,(H,11,12)/t8-/m0/s1. The molecule has 0 aliphatic heterocycles. The van der Waals surface area contributed by atoms with Gasteiger partial charge >= 0.3 is 5.97 Å². The van der Waals surface area contributed by atoms with Crippen LogP contribution in [0.25, 0.3) is 0 Å². The highest BCUT2D eigenvalue weighted by atomic mass is 32.1. The second-order valence-corrected chi connectivity index (χ2v) is 3.88. The molecule has 1 atom stereocenters. The van der Waals surface area contributed by atoms with Crippen LogP contribution in [0.4, 0.5) is 0 Å². The maximum Gasteiger partial charge on any atom is 0.322 e. The third-order valence-electron chi connectivity index (χ3n) is 1.69. The molecular formula is C9H13NO3S. The Hall–Kier alpha value is -0.910. The van der Waals surface area contributed by atoms with Gasteiger partial charge in [0.25, 0.3) is 0 Å². The molecule has 5 heteroatoms. The molecule has 0 aliphatic rings. The molecule has 0 aromatic carbocycles. The molecule has 0 bridgehead atoms. The molecule has 4 nitrogen and oxygen atoms in total. The molecule has 1 aromatic heterocycles. The number of carbonyl (C=O) groups is 1. The molecule has 0 spiro atoms. The van der Waals surface area contributed by atoms with Crippen molar-refractivity contribution in [2.24, 2.45) is 5.73 Å². The van der Waals surface area contributed by atoms with Crippen LogP contribution in [0.1, 0.15) is 4.88 Å². The predicted molar refractivity (Wildman–Crippen MR) is 54.5 cm³/mol. The van der Waals surface area contributed by atoms with E-state index in [9.17, 15) is 4.79 Å². The number of carboxylic acids is 1. The largest absolute Gasteiger partial charge is 0.480 e. The van der Waals surface area contributed by atoms with Crippen molar-refractivity contribution >= 4 is 17.3 Å². The fourth-order valence-corrected chi connectivity index (χ4v) is 1.60. The molecule has 0 saturated carbocycles. The van der Waals surface area contributed by atoms with Gasteiger partial charge in [0.05, 0.1) is 13.2 Å². The molecule has 1 aromatic rings. The van der Waals surface area contributed by atoms with E-state index in [1.807, 2.05) is 17.5 Å². The Bertz CT molecular complexity index is 274. The van der Waals surface area contributed by atoms with Crippen molar-refractivity contribution in [2.45, 2.75) is 12.5 Å². The van der Waals surface area contributed by atoms with E-state index in [-0.39, 0.29) is 6.61 Å². The van der Waals surface area contributed by atoms with Crippen molar-refractivity contribution in [3.8, 4) is 0 Å². The van der Waals surface area contributed by atoms with Gasteiger partial charge in [-0.15, -0.1) is 11.3 Å². The minimum absolute atomic E-state index is 0.0701. The van der Waals surface area contributed by atoms with Crippen molar-refractivity contribution < 1.29 is 14.6 Å². The summed E-state index contributed by atoms with van der Waals surface area (Å²) in [6.45, 7) is 0.586. The average Bonchev–Trinajstić information content (AvgIpc) is 2.64. The van der Waals surface area contributed by atoms with Crippen LogP contribution in [-0.2, 0) is 16.0 Å². The van der Waals surface area contributed by atoms with Gasteiger partial charge in [0.15, 0.2) is 0 Å². The second kappa shape index (κ2) is 5.74. The summed E-state index contributed by atoms with van der Waals surface area (Å²) in [5, 5.41) is 10.5. The fraction of sp³-hybridized carbons (Fsp3) is 0.444. The van der Waals surface area contributed by atoms with E-state index < -0.39 is 12.0 Å². The highest BCUT2D eigenvalue weighted by Gasteiger charge is 2.10. The first-order valence-electron chi connectivity index (χ1n) is 4.28. The first-order valence-corrected chi connectivity index (χ1v) is 5.16. The number of thiophene rings is 1. The maximum absolute atomic E-state index is 10.3. The van der Waals surface area contributed by atoms with Crippen molar-refractivity contribution in [3.05, 3.63) is 22.4 Å². The molecule has 3 N–H and O–H groups in total. The first kappa shape index (κ1) is 11.2. The van der Waals surface area contributed by atoms with Gasteiger partial charge in [0, 0.05) is 11.3 Å². The Kier molecular flexibility index (Phi) is 4.58. The van der Waals surface area contributed by atoms with Gasteiger partial charge in [-0.1, -0.05) is 6.07 Å². The summed E-state index contributed by atoms with van der Waals surface area (Å²) in [6.07, 6.45) is 0.810. The van der Waals surface area contributed by atoms with Crippen LogP contribution < -0.4 is 5.73 Å². The van der Waals surface area contributed by atoms with E-state index in [4.69, 9.17) is 15.6 Å². The van der Waals surface area contributed by atoms with Gasteiger partial charge in [0.2, 0.25) is 0 Å². The van der Waals surface area contributed by atoms with E-state index in [1.54, 1.807) is 11.3 Å². The third kappa shape index (κ3) is 3.87. The van der Waals surface area contributed by atoms with Crippen LogP contribution in [0.2, 0.25) is 0 Å². The second-order valence-electron chi connectivity index (χ2n) is 2.85. The van der Waals surface area contributed by atoms with Crippen LogP contribution >= 0.6 is 11.3 Å². The van der Waals surface area contributed by atoms with Crippen molar-refractivity contribution in [1.82, 2.24) is 0 Å². The van der Waals surface area contributed by atoms with E-state index in [2.05, 4.69) is 0 Å². The predicted octanol–water partition coefficient (Wildman–Crippen LogP) is 0.719.